The van der Waals surface area contributed by atoms with E-state index >= 15 is 0 Å². The third-order valence-corrected chi connectivity index (χ3v) is 6.36. The maximum atomic E-state index is 13.3. The number of nitrogens with zero attached hydrogens (tertiary/aromatic N) is 1. The van der Waals surface area contributed by atoms with E-state index in [2.05, 4.69) is 49.0 Å². The van der Waals surface area contributed by atoms with Crippen molar-refractivity contribution in [1.29, 1.82) is 0 Å². The molecular weight excluding hydrogens is 374 g/mol. The first-order valence-electron chi connectivity index (χ1n) is 10.0. The minimum absolute atomic E-state index is 0.0146. The molecule has 5 aromatic carbocycles. The molecule has 0 bridgehead atoms. The lowest BCUT2D eigenvalue weighted by Crippen LogP contribution is -2.37. The predicted octanol–water partition coefficient (Wildman–Crippen LogP) is 3.53. The molecule has 4 nitrogen and oxygen atoms in total. The summed E-state index contributed by atoms with van der Waals surface area (Å²) in [6.45, 7) is 3.77. The second-order valence-electron chi connectivity index (χ2n) is 7.98. The van der Waals surface area contributed by atoms with E-state index in [1.54, 1.807) is 0 Å². The van der Waals surface area contributed by atoms with Crippen molar-refractivity contribution < 1.29 is 10.2 Å². The molecule has 0 aliphatic rings. The molecule has 4 heteroatoms. The Bertz CT molecular complexity index is 1600. The van der Waals surface area contributed by atoms with Crippen LogP contribution in [0.3, 0.4) is 0 Å². The van der Waals surface area contributed by atoms with Crippen LogP contribution in [0.5, 0.6) is 0 Å². The minimum atomic E-state index is -1.01. The fourth-order valence-electron chi connectivity index (χ4n) is 5.03. The molecule has 0 aliphatic heterocycles. The normalized spacial score (nSPS) is 13.4. The number of aliphatic hydroxyl groups is 2. The fraction of sp³-hybridized carbons (Fsp3) is 0.115. The van der Waals surface area contributed by atoms with E-state index in [1.807, 2.05) is 18.2 Å². The van der Waals surface area contributed by atoms with Gasteiger partial charge in [0.2, 0.25) is 0 Å². The zero-order valence-corrected chi connectivity index (χ0v) is 16.2. The predicted molar refractivity (Wildman–Crippen MR) is 123 cm³/mol. The summed E-state index contributed by atoms with van der Waals surface area (Å²) in [4.78, 5) is 13.3. The Labute approximate surface area is 171 Å². The summed E-state index contributed by atoms with van der Waals surface area (Å²) >= 11 is 0. The number of fused-ring (bicyclic) bond motifs is 2. The van der Waals surface area contributed by atoms with E-state index in [1.165, 1.54) is 26.1 Å². The molecule has 0 saturated heterocycles. The number of hydrogen-bond acceptors (Lipinski definition) is 3. The zero-order chi connectivity index (χ0) is 20.6. The zero-order valence-electron chi connectivity index (χ0n) is 16.2. The van der Waals surface area contributed by atoms with Gasteiger partial charge < -0.3 is 14.8 Å². The average molecular weight is 393 g/mol. The number of aliphatic hydroxyl groups excluding tert-OH is 2. The topological polar surface area (TPSA) is 62.5 Å². The molecule has 6 aromatic rings. The van der Waals surface area contributed by atoms with E-state index in [-0.39, 0.29) is 12.1 Å². The van der Waals surface area contributed by atoms with E-state index in [4.69, 9.17) is 0 Å². The summed E-state index contributed by atoms with van der Waals surface area (Å²) in [5, 5.41) is 30.3. The monoisotopic (exact) mass is 393 g/mol. The van der Waals surface area contributed by atoms with Gasteiger partial charge in [0.25, 0.3) is 5.56 Å². The number of rotatable bonds is 3. The summed E-state index contributed by atoms with van der Waals surface area (Å²) in [5.74, 6) is 0. The Morgan fingerprint density at radius 2 is 1.30 bits per heavy atom. The molecule has 0 spiro atoms. The summed E-state index contributed by atoms with van der Waals surface area (Å²) in [7, 11) is 0. The van der Waals surface area contributed by atoms with Crippen molar-refractivity contribution in [2.24, 2.45) is 0 Å². The molecular formula is C26H19NO3. The van der Waals surface area contributed by atoms with Gasteiger partial charge in [0.15, 0.2) is 0 Å². The van der Waals surface area contributed by atoms with Crippen LogP contribution in [0, 0.1) is 0 Å². The van der Waals surface area contributed by atoms with Crippen LogP contribution in [0.25, 0.3) is 60.4 Å². The van der Waals surface area contributed by atoms with Gasteiger partial charge in [-0.05, 0) is 43.8 Å². The number of aromatic nitrogens is 1. The lowest BCUT2D eigenvalue weighted by Gasteiger charge is -2.18. The van der Waals surface area contributed by atoms with Gasteiger partial charge in [0.1, 0.15) is 0 Å². The highest BCUT2D eigenvalue weighted by Crippen LogP contribution is 2.41. The summed E-state index contributed by atoms with van der Waals surface area (Å²) in [5.41, 5.74) is -0.194. The molecule has 6 rings (SSSR count). The van der Waals surface area contributed by atoms with Gasteiger partial charge in [-0.25, -0.2) is 0 Å². The Morgan fingerprint density at radius 3 is 1.93 bits per heavy atom. The molecule has 1 unspecified atom stereocenters. The number of pyridine rings is 1. The molecule has 1 atom stereocenters. The molecule has 0 saturated carbocycles. The van der Waals surface area contributed by atoms with Gasteiger partial charge in [-0.15, -0.1) is 0 Å². The molecule has 2 N–H and O–H groups in total. The molecule has 0 fully saturated rings. The molecule has 0 amide bonds. The lowest BCUT2D eigenvalue weighted by molar-refractivity contribution is 0.0800. The van der Waals surface area contributed by atoms with Gasteiger partial charge in [-0.3, -0.25) is 4.79 Å². The van der Waals surface area contributed by atoms with Gasteiger partial charge in [0, 0.05) is 21.5 Å². The van der Waals surface area contributed by atoms with Crippen LogP contribution in [-0.4, -0.2) is 27.5 Å². The Morgan fingerprint density at radius 1 is 0.767 bits per heavy atom. The van der Waals surface area contributed by atoms with Gasteiger partial charge in [-0.2, -0.15) is 0 Å². The Hall–Kier alpha value is -3.47. The van der Waals surface area contributed by atoms with E-state index in [0.717, 1.165) is 26.9 Å². The van der Waals surface area contributed by atoms with Crippen molar-refractivity contribution in [1.82, 2.24) is 4.57 Å². The maximum Gasteiger partial charge on any atom is 0.259 e. The van der Waals surface area contributed by atoms with Crippen LogP contribution in [0.1, 0.15) is 0 Å². The van der Waals surface area contributed by atoms with Crippen molar-refractivity contribution in [2.45, 2.75) is 12.6 Å². The average Bonchev–Trinajstić information content (AvgIpc) is 2.78. The highest BCUT2D eigenvalue weighted by molar-refractivity contribution is 6.36. The molecule has 30 heavy (non-hydrogen) atoms. The minimum Gasteiger partial charge on any atom is -0.394 e. The molecule has 1 aromatic heterocycles. The van der Waals surface area contributed by atoms with Gasteiger partial charge >= 0.3 is 0 Å². The second-order valence-corrected chi connectivity index (χ2v) is 7.98. The highest BCUT2D eigenvalue weighted by atomic mass is 16.3. The van der Waals surface area contributed by atoms with Crippen LogP contribution < -0.4 is 10.9 Å². The van der Waals surface area contributed by atoms with Crippen molar-refractivity contribution in [3.63, 3.8) is 0 Å². The molecule has 0 aliphatic carbocycles. The fourth-order valence-corrected chi connectivity index (χ4v) is 5.03. The van der Waals surface area contributed by atoms with Crippen LogP contribution in [-0.2, 0) is 6.54 Å². The first kappa shape index (κ1) is 17.4. The number of benzene rings is 5. The van der Waals surface area contributed by atoms with E-state index < -0.39 is 12.7 Å². The van der Waals surface area contributed by atoms with Crippen LogP contribution >= 0.6 is 0 Å². The van der Waals surface area contributed by atoms with E-state index in [0.29, 0.717) is 10.7 Å². The molecule has 0 radical (unpaired) electrons. The third kappa shape index (κ3) is 2.09. The summed E-state index contributed by atoms with van der Waals surface area (Å²) in [6.07, 6.45) is -1.01. The largest absolute Gasteiger partial charge is 0.394 e. The quantitative estimate of drug-likeness (QED) is 0.357. The molecule has 146 valence electrons. The SMILES string of the molecule is C=c1c2ccc3c4cccc5cccc(c6ccc(c(=O)n1CC(O)CO)c2c36)c54. The molecule has 1 heterocycles. The highest BCUT2D eigenvalue weighted by Gasteiger charge is 2.18. The first-order valence-corrected chi connectivity index (χ1v) is 10.0. The third-order valence-electron chi connectivity index (χ3n) is 6.36. The maximum absolute atomic E-state index is 13.3. The van der Waals surface area contributed by atoms with Crippen molar-refractivity contribution in [3.05, 3.63) is 76.4 Å². The Kier molecular flexibility index (Phi) is 3.49. The summed E-state index contributed by atoms with van der Waals surface area (Å²) < 4.78 is 1.47. The van der Waals surface area contributed by atoms with Crippen LogP contribution in [0.4, 0.5) is 0 Å². The van der Waals surface area contributed by atoms with E-state index in [9.17, 15) is 15.0 Å². The Balaban J connectivity index is 1.89. The van der Waals surface area contributed by atoms with Crippen molar-refractivity contribution >= 4 is 60.4 Å². The number of hydrogen-bond donors (Lipinski definition) is 2. The van der Waals surface area contributed by atoms with Gasteiger partial charge in [-0.1, -0.05) is 61.2 Å². The van der Waals surface area contributed by atoms with Gasteiger partial charge in [0.05, 0.1) is 19.3 Å². The first-order chi connectivity index (χ1) is 14.6. The smallest absolute Gasteiger partial charge is 0.259 e. The van der Waals surface area contributed by atoms with Crippen molar-refractivity contribution in [3.8, 4) is 0 Å². The summed E-state index contributed by atoms with van der Waals surface area (Å²) in [6, 6.07) is 20.7. The second kappa shape index (κ2) is 6.02. The van der Waals surface area contributed by atoms with Crippen molar-refractivity contribution in [2.75, 3.05) is 6.61 Å². The standard InChI is InChI=1S/C26H19NO3/c1-14-17-8-9-20-18-6-2-4-15-5-3-7-19(23(15)18)21-10-11-22(24(17)25(20)21)26(30)27(14)12-16(29)13-28/h2-11,16,28-29H,1,12-13H2. The lowest BCUT2D eigenvalue weighted by atomic mass is 9.87. The van der Waals surface area contributed by atoms with Crippen LogP contribution in [0.2, 0.25) is 0 Å². The van der Waals surface area contributed by atoms with Crippen LogP contribution in [0.15, 0.2) is 65.5 Å².